The molecule has 6 nitrogen and oxygen atoms in total. The third kappa shape index (κ3) is 4.33. The first kappa shape index (κ1) is 17.5. The normalized spacial score (nSPS) is 11.4. The van der Waals surface area contributed by atoms with Crippen molar-refractivity contribution in [3.05, 3.63) is 58.6 Å². The molecule has 0 spiro atoms. The van der Waals surface area contributed by atoms with Crippen LogP contribution in [0.3, 0.4) is 0 Å². The predicted octanol–water partition coefficient (Wildman–Crippen LogP) is 3.26. The Morgan fingerprint density at radius 3 is 2.46 bits per heavy atom. The number of benzene rings is 2. The fourth-order valence-electron chi connectivity index (χ4n) is 1.89. The van der Waals surface area contributed by atoms with E-state index in [1.54, 1.807) is 31.2 Å². The molecule has 0 heterocycles. The van der Waals surface area contributed by atoms with Crippen LogP contribution in [-0.2, 0) is 4.79 Å². The van der Waals surface area contributed by atoms with Crippen LogP contribution in [0.1, 0.15) is 27.6 Å². The molecule has 0 fully saturated rings. The van der Waals surface area contributed by atoms with E-state index in [2.05, 4.69) is 5.32 Å². The first-order valence-electron chi connectivity index (χ1n) is 6.96. The molecular formula is C17H14ClNO5. The molecule has 2 rings (SSSR count). The van der Waals surface area contributed by atoms with Crippen LogP contribution in [0.2, 0.25) is 5.02 Å². The van der Waals surface area contributed by atoms with Crippen LogP contribution in [0.5, 0.6) is 5.75 Å². The number of carbonyl (C=O) groups is 3. The number of hydrogen-bond donors (Lipinski definition) is 2. The number of carbonyl (C=O) groups excluding carboxylic acids is 2. The molecular weight excluding hydrogens is 334 g/mol. The standard InChI is InChI=1S/C17H14ClNO5/c1-10(24-13-5-2-11(9-20)3-6-13)16(21)19-12-4-7-15(18)14(8-12)17(22)23/h2-10H,1H3,(H,19,21)(H,22,23). The highest BCUT2D eigenvalue weighted by Gasteiger charge is 2.16. The van der Waals surface area contributed by atoms with Crippen molar-refractivity contribution >= 4 is 35.5 Å². The predicted molar refractivity (Wildman–Crippen MR) is 89.0 cm³/mol. The molecule has 1 amide bonds. The van der Waals surface area contributed by atoms with Crippen LogP contribution < -0.4 is 10.1 Å². The Hall–Kier alpha value is -2.86. The van der Waals surface area contributed by atoms with Gasteiger partial charge in [-0.1, -0.05) is 11.6 Å². The summed E-state index contributed by atoms with van der Waals surface area (Å²) in [6.45, 7) is 1.55. The highest BCUT2D eigenvalue weighted by molar-refractivity contribution is 6.33. The minimum absolute atomic E-state index is 0.0834. The Kier molecular flexibility index (Phi) is 5.55. The zero-order valence-corrected chi connectivity index (χ0v) is 13.4. The van der Waals surface area contributed by atoms with Crippen molar-refractivity contribution in [2.45, 2.75) is 13.0 Å². The van der Waals surface area contributed by atoms with Crippen LogP contribution >= 0.6 is 11.6 Å². The van der Waals surface area contributed by atoms with Crippen LogP contribution in [-0.4, -0.2) is 29.4 Å². The van der Waals surface area contributed by atoms with Crippen LogP contribution in [0.15, 0.2) is 42.5 Å². The minimum atomic E-state index is -1.18. The Morgan fingerprint density at radius 2 is 1.88 bits per heavy atom. The number of aldehydes is 1. The van der Waals surface area contributed by atoms with Crippen molar-refractivity contribution in [1.82, 2.24) is 0 Å². The molecule has 0 aliphatic carbocycles. The van der Waals surface area contributed by atoms with Gasteiger partial charge in [-0.25, -0.2) is 4.79 Å². The summed E-state index contributed by atoms with van der Waals surface area (Å²) in [5.74, 6) is -1.20. The summed E-state index contributed by atoms with van der Waals surface area (Å²) in [7, 11) is 0. The average molecular weight is 348 g/mol. The van der Waals surface area contributed by atoms with E-state index < -0.39 is 18.0 Å². The first-order chi connectivity index (χ1) is 11.4. The monoisotopic (exact) mass is 347 g/mol. The number of anilines is 1. The number of carboxylic acids is 1. The number of rotatable bonds is 6. The number of halogens is 1. The second kappa shape index (κ2) is 7.61. The SMILES string of the molecule is CC(Oc1ccc(C=O)cc1)C(=O)Nc1ccc(Cl)c(C(=O)O)c1. The second-order valence-electron chi connectivity index (χ2n) is 4.94. The quantitative estimate of drug-likeness (QED) is 0.782. The summed E-state index contributed by atoms with van der Waals surface area (Å²) in [6.07, 6.45) is -0.114. The average Bonchev–Trinajstić information content (AvgIpc) is 2.57. The van der Waals surface area contributed by atoms with Gasteiger partial charge < -0.3 is 15.2 Å². The van der Waals surface area contributed by atoms with E-state index in [4.69, 9.17) is 21.4 Å². The number of nitrogens with one attached hydrogen (secondary N) is 1. The van der Waals surface area contributed by atoms with Crippen molar-refractivity contribution in [3.8, 4) is 5.75 Å². The van der Waals surface area contributed by atoms with Crippen molar-refractivity contribution in [2.75, 3.05) is 5.32 Å². The fourth-order valence-corrected chi connectivity index (χ4v) is 2.09. The Balaban J connectivity index is 2.04. The third-order valence-electron chi connectivity index (χ3n) is 3.16. The maximum absolute atomic E-state index is 12.1. The molecule has 2 N–H and O–H groups in total. The molecule has 124 valence electrons. The van der Waals surface area contributed by atoms with Crippen LogP contribution in [0.4, 0.5) is 5.69 Å². The molecule has 1 atom stereocenters. The van der Waals surface area contributed by atoms with Gasteiger partial charge in [-0.3, -0.25) is 9.59 Å². The Morgan fingerprint density at radius 1 is 1.21 bits per heavy atom. The zero-order valence-electron chi connectivity index (χ0n) is 12.7. The van der Waals surface area contributed by atoms with Gasteiger partial charge in [0.2, 0.25) is 0 Å². The van der Waals surface area contributed by atoms with Crippen LogP contribution in [0, 0.1) is 0 Å². The summed E-state index contributed by atoms with van der Waals surface area (Å²) < 4.78 is 5.48. The van der Waals surface area contributed by atoms with Gasteiger partial charge in [0.25, 0.3) is 5.91 Å². The van der Waals surface area contributed by atoms with Gasteiger partial charge in [0.1, 0.15) is 12.0 Å². The summed E-state index contributed by atoms with van der Waals surface area (Å²) in [4.78, 5) is 33.8. The number of hydrogen-bond acceptors (Lipinski definition) is 4. The number of ether oxygens (including phenoxy) is 1. The van der Waals surface area contributed by atoms with E-state index in [9.17, 15) is 14.4 Å². The van der Waals surface area contributed by atoms with Gasteiger partial charge in [-0.15, -0.1) is 0 Å². The molecule has 0 aliphatic rings. The highest BCUT2D eigenvalue weighted by Crippen LogP contribution is 2.21. The van der Waals surface area contributed by atoms with E-state index in [1.165, 1.54) is 18.2 Å². The van der Waals surface area contributed by atoms with Crippen molar-refractivity contribution in [1.29, 1.82) is 0 Å². The summed E-state index contributed by atoms with van der Waals surface area (Å²) in [5, 5.41) is 11.7. The van der Waals surface area contributed by atoms with E-state index >= 15 is 0 Å². The van der Waals surface area contributed by atoms with Gasteiger partial charge >= 0.3 is 5.97 Å². The molecule has 0 saturated heterocycles. The topological polar surface area (TPSA) is 92.7 Å². The molecule has 2 aromatic rings. The summed E-state index contributed by atoms with van der Waals surface area (Å²) in [6, 6.07) is 10.5. The zero-order chi connectivity index (χ0) is 17.7. The van der Waals surface area contributed by atoms with Gasteiger partial charge in [-0.2, -0.15) is 0 Å². The lowest BCUT2D eigenvalue weighted by molar-refractivity contribution is -0.122. The second-order valence-corrected chi connectivity index (χ2v) is 5.34. The van der Waals surface area contributed by atoms with E-state index in [0.717, 1.165) is 0 Å². The largest absolute Gasteiger partial charge is 0.481 e. The molecule has 7 heteroatoms. The summed E-state index contributed by atoms with van der Waals surface area (Å²) in [5.41, 5.74) is 0.697. The molecule has 24 heavy (non-hydrogen) atoms. The highest BCUT2D eigenvalue weighted by atomic mass is 35.5. The summed E-state index contributed by atoms with van der Waals surface area (Å²) >= 11 is 5.78. The fraction of sp³-hybridized carbons (Fsp3) is 0.118. The van der Waals surface area contributed by atoms with Gasteiger partial charge in [0, 0.05) is 11.3 Å². The molecule has 0 saturated carbocycles. The number of amides is 1. The lowest BCUT2D eigenvalue weighted by atomic mass is 10.2. The number of carboxylic acid groups (broad SMARTS) is 1. The number of aromatic carboxylic acids is 1. The van der Waals surface area contributed by atoms with E-state index in [-0.39, 0.29) is 10.6 Å². The van der Waals surface area contributed by atoms with Gasteiger partial charge in [0.15, 0.2) is 6.10 Å². The molecule has 2 aromatic carbocycles. The van der Waals surface area contributed by atoms with Crippen molar-refractivity contribution in [3.63, 3.8) is 0 Å². The van der Waals surface area contributed by atoms with E-state index in [1.807, 2.05) is 0 Å². The van der Waals surface area contributed by atoms with E-state index in [0.29, 0.717) is 23.3 Å². The van der Waals surface area contributed by atoms with Crippen molar-refractivity contribution in [2.24, 2.45) is 0 Å². The van der Waals surface area contributed by atoms with Gasteiger partial charge in [-0.05, 0) is 49.4 Å². The maximum Gasteiger partial charge on any atom is 0.337 e. The van der Waals surface area contributed by atoms with Crippen LogP contribution in [0.25, 0.3) is 0 Å². The lowest BCUT2D eigenvalue weighted by Crippen LogP contribution is -2.30. The first-order valence-corrected chi connectivity index (χ1v) is 7.34. The molecule has 0 radical (unpaired) electrons. The minimum Gasteiger partial charge on any atom is -0.481 e. The Labute approximate surface area is 143 Å². The molecule has 0 bridgehead atoms. The maximum atomic E-state index is 12.1. The van der Waals surface area contributed by atoms with Crippen molar-refractivity contribution < 1.29 is 24.2 Å². The molecule has 0 aliphatic heterocycles. The van der Waals surface area contributed by atoms with Gasteiger partial charge in [0.05, 0.1) is 10.6 Å². The third-order valence-corrected chi connectivity index (χ3v) is 3.49. The lowest BCUT2D eigenvalue weighted by Gasteiger charge is -2.15. The molecule has 1 unspecified atom stereocenters. The Bertz CT molecular complexity index is 773. The molecule has 0 aromatic heterocycles. The smallest absolute Gasteiger partial charge is 0.337 e.